The minimum atomic E-state index is -1.07. The highest BCUT2D eigenvalue weighted by Gasteiger charge is 2.42. The Kier molecular flexibility index (Phi) is 11.7. The molecule has 3 heterocycles. The van der Waals surface area contributed by atoms with E-state index in [4.69, 9.17) is 9.47 Å². The number of hydrogen-bond acceptors (Lipinski definition) is 8. The Morgan fingerprint density at radius 3 is 2.34 bits per heavy atom. The van der Waals surface area contributed by atoms with Crippen molar-refractivity contribution >= 4 is 23.5 Å². The summed E-state index contributed by atoms with van der Waals surface area (Å²) in [5.74, 6) is -2.24. The van der Waals surface area contributed by atoms with Gasteiger partial charge < -0.3 is 29.9 Å². The maximum Gasteiger partial charge on any atom is 0.274 e. The molecule has 0 bridgehead atoms. The highest BCUT2D eigenvalue weighted by atomic mass is 19.1. The van der Waals surface area contributed by atoms with Crippen LogP contribution in [0.3, 0.4) is 0 Å². The number of likely N-dealkylation sites (tertiary alicyclic amines) is 1. The molecule has 0 spiro atoms. The lowest BCUT2D eigenvalue weighted by Gasteiger charge is -2.34. The summed E-state index contributed by atoms with van der Waals surface area (Å²) in [6.45, 7) is 3.62. The molecule has 1 fully saturated rings. The van der Waals surface area contributed by atoms with Gasteiger partial charge in [-0.05, 0) is 69.3 Å². The van der Waals surface area contributed by atoms with E-state index in [1.54, 1.807) is 37.9 Å². The van der Waals surface area contributed by atoms with Gasteiger partial charge in [-0.1, -0.05) is 12.1 Å². The Morgan fingerprint density at radius 2 is 1.68 bits per heavy atom. The van der Waals surface area contributed by atoms with E-state index in [0.717, 1.165) is 18.0 Å². The first-order chi connectivity index (χ1) is 23.9. The van der Waals surface area contributed by atoms with Crippen molar-refractivity contribution in [2.24, 2.45) is 0 Å². The minimum absolute atomic E-state index is 0.0105. The monoisotopic (exact) mass is 695 g/mol. The first kappa shape index (κ1) is 36.3. The third-order valence-corrected chi connectivity index (χ3v) is 8.81. The van der Waals surface area contributed by atoms with Gasteiger partial charge >= 0.3 is 0 Å². The smallest absolute Gasteiger partial charge is 0.274 e. The maximum atomic E-state index is 14.3. The molecular formula is C35H40F3N7O5. The molecule has 50 heavy (non-hydrogen) atoms. The van der Waals surface area contributed by atoms with Crippen molar-refractivity contribution in [2.45, 2.75) is 57.0 Å². The highest BCUT2D eigenvalue weighted by molar-refractivity contribution is 5.93. The molecule has 12 nitrogen and oxygen atoms in total. The molecule has 5 rings (SSSR count). The second-order valence-electron chi connectivity index (χ2n) is 12.2. The van der Waals surface area contributed by atoms with E-state index in [-0.39, 0.29) is 37.5 Å². The number of rotatable bonds is 14. The number of carbonyl (C=O) groups excluding carboxylic acids is 3. The van der Waals surface area contributed by atoms with Crippen LogP contribution in [0.25, 0.3) is 5.78 Å². The van der Waals surface area contributed by atoms with E-state index >= 15 is 0 Å². The van der Waals surface area contributed by atoms with Gasteiger partial charge in [-0.15, -0.1) is 0 Å². The second kappa shape index (κ2) is 16.1. The minimum Gasteiger partial charge on any atom is -0.489 e. The Labute approximate surface area is 287 Å². The molecule has 1 aliphatic heterocycles. The van der Waals surface area contributed by atoms with Gasteiger partial charge in [0.25, 0.3) is 5.91 Å². The van der Waals surface area contributed by atoms with Crippen LogP contribution in [0.1, 0.15) is 36.3 Å². The van der Waals surface area contributed by atoms with Crippen LogP contribution in [0.2, 0.25) is 0 Å². The standard InChI is InChI=1S/C35H40F3N7O5/c1-21(39-3)32(46)42-31(22(2)49-4)34(48)45-19-29(50-28-11-9-25(37)10-12-28)15-27(45)18-43(14-13-23-5-7-24(36)8-6-23)33(47)30-20-44-17-26(38)16-40-35(44)41-30/h5-12,16-17,20-22,27,29,31,39H,13-15,18-19H2,1-4H3,(H,42,46)/t21-,22+,27-,29-,31-/m0/s1. The summed E-state index contributed by atoms with van der Waals surface area (Å²) in [6.07, 6.45) is 2.92. The summed E-state index contributed by atoms with van der Waals surface area (Å²) in [6, 6.07) is 9.16. The summed E-state index contributed by atoms with van der Waals surface area (Å²) in [5.41, 5.74) is 0.784. The summed E-state index contributed by atoms with van der Waals surface area (Å²) < 4.78 is 54.2. The fraction of sp³-hybridized carbons (Fsp3) is 0.400. The number of benzene rings is 2. The van der Waals surface area contributed by atoms with Crippen LogP contribution in [-0.4, -0.2) is 106 Å². The summed E-state index contributed by atoms with van der Waals surface area (Å²) in [5, 5.41) is 5.65. The predicted molar refractivity (Wildman–Crippen MR) is 177 cm³/mol. The SMILES string of the molecule is CN[C@@H](C)C(=O)N[C@H](C(=O)N1C[C@@H](Oc2ccc(F)cc2)C[C@H]1CN(CCc1ccc(F)cc1)C(=O)c1cn2cc(F)cnc2n1)[C@@H](C)OC. The van der Waals surface area contributed by atoms with Crippen LogP contribution in [-0.2, 0) is 20.7 Å². The van der Waals surface area contributed by atoms with Gasteiger partial charge in [-0.25, -0.2) is 23.1 Å². The van der Waals surface area contributed by atoms with Crippen LogP contribution < -0.4 is 15.4 Å². The lowest BCUT2D eigenvalue weighted by molar-refractivity contribution is -0.141. The van der Waals surface area contributed by atoms with Gasteiger partial charge in [0.05, 0.1) is 30.9 Å². The van der Waals surface area contributed by atoms with Crippen molar-refractivity contribution in [2.75, 3.05) is 33.8 Å². The van der Waals surface area contributed by atoms with Crippen molar-refractivity contribution in [1.29, 1.82) is 0 Å². The van der Waals surface area contributed by atoms with Gasteiger partial charge in [0.15, 0.2) is 5.82 Å². The number of aromatic nitrogens is 3. The maximum absolute atomic E-state index is 14.3. The van der Waals surface area contributed by atoms with E-state index < -0.39 is 65.5 Å². The Bertz CT molecular complexity index is 1790. The molecular weight excluding hydrogens is 655 g/mol. The second-order valence-corrected chi connectivity index (χ2v) is 12.2. The number of carbonyl (C=O) groups is 3. The number of halogens is 3. The van der Waals surface area contributed by atoms with Gasteiger partial charge in [0, 0.05) is 39.0 Å². The molecule has 2 N–H and O–H groups in total. The van der Waals surface area contributed by atoms with Crippen LogP contribution in [0.4, 0.5) is 13.2 Å². The number of nitrogens with zero attached hydrogens (tertiary/aromatic N) is 5. The van der Waals surface area contributed by atoms with Crippen molar-refractivity contribution in [3.05, 3.63) is 95.8 Å². The molecule has 5 atom stereocenters. The topological polar surface area (TPSA) is 130 Å². The van der Waals surface area contributed by atoms with Crippen LogP contribution in [0.15, 0.2) is 67.1 Å². The number of amides is 3. The van der Waals surface area contributed by atoms with E-state index in [9.17, 15) is 27.6 Å². The zero-order valence-corrected chi connectivity index (χ0v) is 28.2. The first-order valence-corrected chi connectivity index (χ1v) is 16.2. The fourth-order valence-corrected chi connectivity index (χ4v) is 5.78. The number of methoxy groups -OCH3 is 1. The van der Waals surface area contributed by atoms with Crippen molar-refractivity contribution in [3.63, 3.8) is 0 Å². The molecule has 266 valence electrons. The van der Waals surface area contributed by atoms with Crippen LogP contribution in [0.5, 0.6) is 5.75 Å². The van der Waals surface area contributed by atoms with Gasteiger partial charge in [-0.3, -0.25) is 18.8 Å². The summed E-state index contributed by atoms with van der Waals surface area (Å²) in [7, 11) is 3.06. The number of likely N-dealkylation sites (N-methyl/N-ethyl adjacent to an activating group) is 1. The number of fused-ring (bicyclic) bond motifs is 1. The van der Waals surface area contributed by atoms with Crippen molar-refractivity contribution < 1.29 is 37.0 Å². The molecule has 0 radical (unpaired) electrons. The van der Waals surface area contributed by atoms with Crippen molar-refractivity contribution in [3.8, 4) is 5.75 Å². The third-order valence-electron chi connectivity index (χ3n) is 8.81. The predicted octanol–water partition coefficient (Wildman–Crippen LogP) is 3.01. The molecule has 2 aromatic carbocycles. The average molecular weight is 696 g/mol. The number of hydrogen-bond donors (Lipinski definition) is 2. The molecule has 3 amide bonds. The van der Waals surface area contributed by atoms with Gasteiger partial charge in [-0.2, -0.15) is 0 Å². The zero-order chi connectivity index (χ0) is 35.9. The third kappa shape index (κ3) is 8.76. The number of nitrogens with one attached hydrogen (secondary N) is 2. The Balaban J connectivity index is 1.46. The average Bonchev–Trinajstić information content (AvgIpc) is 3.72. The lowest BCUT2D eigenvalue weighted by atomic mass is 10.1. The molecule has 0 saturated carbocycles. The zero-order valence-electron chi connectivity index (χ0n) is 28.2. The molecule has 0 unspecified atom stereocenters. The van der Waals surface area contributed by atoms with E-state index in [1.807, 2.05) is 0 Å². The molecule has 1 saturated heterocycles. The van der Waals surface area contributed by atoms with E-state index in [2.05, 4.69) is 20.6 Å². The van der Waals surface area contributed by atoms with Crippen LogP contribution >= 0.6 is 0 Å². The molecule has 2 aromatic heterocycles. The van der Waals surface area contributed by atoms with Crippen LogP contribution in [0, 0.1) is 17.5 Å². The summed E-state index contributed by atoms with van der Waals surface area (Å²) in [4.78, 5) is 52.7. The fourth-order valence-electron chi connectivity index (χ4n) is 5.78. The van der Waals surface area contributed by atoms with E-state index in [1.165, 1.54) is 59.0 Å². The molecule has 4 aromatic rings. The Hall–Kier alpha value is -5.02. The van der Waals surface area contributed by atoms with Crippen molar-refractivity contribution in [1.82, 2.24) is 34.8 Å². The molecule has 1 aliphatic rings. The molecule has 15 heteroatoms. The normalized spacial score (nSPS) is 17.7. The Morgan fingerprint density at radius 1 is 1.00 bits per heavy atom. The quantitative estimate of drug-likeness (QED) is 0.206. The number of ether oxygens (including phenoxy) is 2. The first-order valence-electron chi connectivity index (χ1n) is 16.2. The summed E-state index contributed by atoms with van der Waals surface area (Å²) >= 11 is 0. The van der Waals surface area contributed by atoms with E-state index in [0.29, 0.717) is 12.2 Å². The number of imidazole rings is 1. The molecule has 0 aliphatic carbocycles. The lowest BCUT2D eigenvalue weighted by Crippen LogP contribution is -2.58. The highest BCUT2D eigenvalue weighted by Crippen LogP contribution is 2.26. The largest absolute Gasteiger partial charge is 0.489 e. The van der Waals surface area contributed by atoms with Gasteiger partial charge in [0.1, 0.15) is 35.2 Å². The van der Waals surface area contributed by atoms with Gasteiger partial charge in [0.2, 0.25) is 17.6 Å².